The summed E-state index contributed by atoms with van der Waals surface area (Å²) in [6.07, 6.45) is 0.237. The maximum absolute atomic E-state index is 5.97. The summed E-state index contributed by atoms with van der Waals surface area (Å²) in [5, 5.41) is 0. The summed E-state index contributed by atoms with van der Waals surface area (Å²) in [5.41, 5.74) is 7.01. The molecule has 0 saturated carbocycles. The second-order valence-corrected chi connectivity index (χ2v) is 5.26. The molecular weight excluding hydrogens is 268 g/mol. The smallest absolute Gasteiger partial charge is 0.123 e. The maximum atomic E-state index is 5.97. The highest BCUT2D eigenvalue weighted by molar-refractivity contribution is 5.42. The van der Waals surface area contributed by atoms with E-state index >= 15 is 0 Å². The molecule has 0 saturated heterocycles. The van der Waals surface area contributed by atoms with Crippen LogP contribution in [0.4, 0.5) is 0 Å². The second kappa shape index (κ2) is 8.87. The zero-order chi connectivity index (χ0) is 15.8. The Balaban J connectivity index is 2.87. The lowest BCUT2D eigenvalue weighted by molar-refractivity contribution is 0.0562. The van der Waals surface area contributed by atoms with Gasteiger partial charge in [-0.15, -0.1) is 0 Å². The van der Waals surface area contributed by atoms with E-state index in [-0.39, 0.29) is 12.1 Å². The fraction of sp³-hybridized carbons (Fsp3) is 0.625. The molecule has 2 N–H and O–H groups in total. The Morgan fingerprint density at radius 1 is 1.19 bits per heavy atom. The third kappa shape index (κ3) is 5.19. The lowest BCUT2D eigenvalue weighted by Gasteiger charge is -2.29. The van der Waals surface area contributed by atoms with Gasteiger partial charge < -0.3 is 19.9 Å². The number of hydrogen-bond donors (Lipinski definition) is 1. The average Bonchev–Trinajstić information content (AvgIpc) is 2.47. The number of benzene rings is 1. The Hall–Kier alpha value is -1.30. The van der Waals surface area contributed by atoms with Gasteiger partial charge in [0.05, 0.1) is 33.0 Å². The lowest BCUT2D eigenvalue weighted by atomic mass is 10.0. The monoisotopic (exact) mass is 296 g/mol. The molecule has 5 nitrogen and oxygen atoms in total. The van der Waals surface area contributed by atoms with Crippen molar-refractivity contribution in [2.45, 2.75) is 26.0 Å². The van der Waals surface area contributed by atoms with E-state index < -0.39 is 0 Å². The van der Waals surface area contributed by atoms with Gasteiger partial charge in [-0.25, -0.2) is 0 Å². The number of nitrogens with two attached hydrogens (primary N) is 1. The molecule has 5 heteroatoms. The molecule has 0 aromatic heterocycles. The summed E-state index contributed by atoms with van der Waals surface area (Å²) in [6, 6.07) is 5.84. The average molecular weight is 296 g/mol. The summed E-state index contributed by atoms with van der Waals surface area (Å²) in [5.74, 6) is 1.62. The van der Waals surface area contributed by atoms with Gasteiger partial charge in [0.15, 0.2) is 0 Å². The first-order valence-corrected chi connectivity index (χ1v) is 7.27. The minimum atomic E-state index is 0.0609. The maximum Gasteiger partial charge on any atom is 0.123 e. The molecule has 0 heterocycles. The van der Waals surface area contributed by atoms with Crippen LogP contribution in [0.15, 0.2) is 18.2 Å². The molecule has 0 spiro atoms. The Bertz CT molecular complexity index is 424. The zero-order valence-corrected chi connectivity index (χ0v) is 13.8. The summed E-state index contributed by atoms with van der Waals surface area (Å²) in [6.45, 7) is 6.05. The number of hydrogen-bond acceptors (Lipinski definition) is 5. The van der Waals surface area contributed by atoms with Crippen molar-refractivity contribution in [2.75, 3.05) is 41.0 Å². The molecule has 1 rings (SSSR count). The topological polar surface area (TPSA) is 57.0 Å². The van der Waals surface area contributed by atoms with Gasteiger partial charge in [0, 0.05) is 18.7 Å². The molecule has 0 aliphatic carbocycles. The van der Waals surface area contributed by atoms with Crippen LogP contribution >= 0.6 is 0 Å². The molecule has 1 unspecified atom stereocenters. The first-order chi connectivity index (χ1) is 10.0. The van der Waals surface area contributed by atoms with Crippen molar-refractivity contribution in [2.24, 2.45) is 5.73 Å². The fourth-order valence-corrected chi connectivity index (χ4v) is 2.23. The molecule has 0 fully saturated rings. The zero-order valence-electron chi connectivity index (χ0n) is 13.8. The molecule has 21 heavy (non-hydrogen) atoms. The molecular formula is C16H28N2O3. The number of rotatable bonds is 9. The van der Waals surface area contributed by atoms with Gasteiger partial charge in [0.1, 0.15) is 11.5 Å². The van der Waals surface area contributed by atoms with Crippen LogP contribution in [0, 0.1) is 0 Å². The molecule has 0 bridgehead atoms. The van der Waals surface area contributed by atoms with Crippen LogP contribution in [0.3, 0.4) is 0 Å². The van der Waals surface area contributed by atoms with Crippen molar-refractivity contribution in [3.63, 3.8) is 0 Å². The highest BCUT2D eigenvalue weighted by Crippen LogP contribution is 2.31. The van der Waals surface area contributed by atoms with Crippen LogP contribution in [0.25, 0.3) is 0 Å². The van der Waals surface area contributed by atoms with E-state index in [0.29, 0.717) is 13.2 Å². The van der Waals surface area contributed by atoms with Crippen molar-refractivity contribution < 1.29 is 14.2 Å². The van der Waals surface area contributed by atoms with E-state index in [2.05, 4.69) is 4.90 Å². The summed E-state index contributed by atoms with van der Waals surface area (Å²) < 4.78 is 16.4. The Morgan fingerprint density at radius 2 is 1.90 bits per heavy atom. The fourth-order valence-electron chi connectivity index (χ4n) is 2.23. The van der Waals surface area contributed by atoms with Crippen LogP contribution in [0.1, 0.15) is 25.5 Å². The largest absolute Gasteiger partial charge is 0.497 e. The standard InChI is InChI=1S/C16H28N2O3/c1-12(2)21-9-8-18(3)15(11-17)14-10-13(19-4)6-7-16(14)20-5/h6-7,10,12,15H,8-9,11,17H2,1-5H3. The van der Waals surface area contributed by atoms with Gasteiger partial charge in [-0.1, -0.05) is 0 Å². The number of ether oxygens (including phenoxy) is 3. The van der Waals surface area contributed by atoms with Crippen LogP contribution in [-0.4, -0.2) is 52.0 Å². The van der Waals surface area contributed by atoms with Crippen molar-refractivity contribution in [3.8, 4) is 11.5 Å². The second-order valence-electron chi connectivity index (χ2n) is 5.26. The van der Waals surface area contributed by atoms with E-state index in [4.69, 9.17) is 19.9 Å². The predicted octanol–water partition coefficient (Wildman–Crippen LogP) is 2.06. The van der Waals surface area contributed by atoms with Gasteiger partial charge >= 0.3 is 0 Å². The molecule has 0 amide bonds. The first kappa shape index (κ1) is 17.8. The summed E-state index contributed by atoms with van der Waals surface area (Å²) in [7, 11) is 5.37. The van der Waals surface area contributed by atoms with Gasteiger partial charge in [-0.2, -0.15) is 0 Å². The molecule has 0 aliphatic rings. The lowest BCUT2D eigenvalue weighted by Crippen LogP contribution is -2.33. The Kier molecular flexibility index (Phi) is 7.50. The quantitative estimate of drug-likeness (QED) is 0.756. The van der Waals surface area contributed by atoms with E-state index in [1.165, 1.54) is 0 Å². The first-order valence-electron chi connectivity index (χ1n) is 7.27. The molecule has 120 valence electrons. The van der Waals surface area contributed by atoms with Crippen molar-refractivity contribution in [1.29, 1.82) is 0 Å². The van der Waals surface area contributed by atoms with Gasteiger partial charge in [0.2, 0.25) is 0 Å². The van der Waals surface area contributed by atoms with Crippen molar-refractivity contribution in [3.05, 3.63) is 23.8 Å². The minimum Gasteiger partial charge on any atom is -0.497 e. The van der Waals surface area contributed by atoms with Crippen LogP contribution in [0.5, 0.6) is 11.5 Å². The minimum absolute atomic E-state index is 0.0609. The van der Waals surface area contributed by atoms with E-state index in [9.17, 15) is 0 Å². The van der Waals surface area contributed by atoms with E-state index in [1.807, 2.05) is 39.1 Å². The normalized spacial score (nSPS) is 12.8. The van der Waals surface area contributed by atoms with E-state index in [1.54, 1.807) is 14.2 Å². The Labute approximate surface area is 128 Å². The van der Waals surface area contributed by atoms with Crippen molar-refractivity contribution >= 4 is 0 Å². The van der Waals surface area contributed by atoms with Gasteiger partial charge in [-0.3, -0.25) is 4.90 Å². The van der Waals surface area contributed by atoms with E-state index in [0.717, 1.165) is 23.6 Å². The molecule has 0 aliphatic heterocycles. The van der Waals surface area contributed by atoms with Gasteiger partial charge in [0.25, 0.3) is 0 Å². The third-order valence-electron chi connectivity index (χ3n) is 3.45. The highest BCUT2D eigenvalue weighted by atomic mass is 16.5. The number of likely N-dealkylation sites (N-methyl/N-ethyl adjacent to an activating group) is 1. The third-order valence-corrected chi connectivity index (χ3v) is 3.45. The van der Waals surface area contributed by atoms with Gasteiger partial charge in [-0.05, 0) is 39.1 Å². The summed E-state index contributed by atoms with van der Waals surface area (Å²) >= 11 is 0. The molecule has 0 radical (unpaired) electrons. The van der Waals surface area contributed by atoms with Crippen LogP contribution < -0.4 is 15.2 Å². The molecule has 1 aromatic rings. The molecule has 1 aromatic carbocycles. The SMILES string of the molecule is COc1ccc(OC)c(C(CN)N(C)CCOC(C)C)c1. The molecule has 1 atom stereocenters. The highest BCUT2D eigenvalue weighted by Gasteiger charge is 2.20. The number of nitrogens with zero attached hydrogens (tertiary/aromatic N) is 1. The number of methoxy groups -OCH3 is 2. The summed E-state index contributed by atoms with van der Waals surface area (Å²) in [4.78, 5) is 2.18. The Morgan fingerprint density at radius 3 is 2.43 bits per heavy atom. The van der Waals surface area contributed by atoms with Crippen LogP contribution in [0.2, 0.25) is 0 Å². The van der Waals surface area contributed by atoms with Crippen molar-refractivity contribution in [1.82, 2.24) is 4.90 Å². The predicted molar refractivity (Wildman–Crippen MR) is 85.1 cm³/mol. The van der Waals surface area contributed by atoms with Crippen LogP contribution in [-0.2, 0) is 4.74 Å².